The number of nitrogens with one attached hydrogen (secondary N) is 1. The molecule has 1 aliphatic carbocycles. The average molecular weight is 365 g/mol. The van der Waals surface area contributed by atoms with Crippen LogP contribution >= 0.6 is 0 Å². The molecule has 1 saturated heterocycles. The third kappa shape index (κ3) is 2.85. The Labute approximate surface area is 158 Å². The van der Waals surface area contributed by atoms with Crippen molar-refractivity contribution in [2.45, 2.75) is 31.7 Å². The largest absolute Gasteiger partial charge is 0.468 e. The number of hydrogen-bond donors (Lipinski definition) is 1. The van der Waals surface area contributed by atoms with Gasteiger partial charge in [0.15, 0.2) is 0 Å². The highest BCUT2D eigenvalue weighted by Crippen LogP contribution is 2.46. The van der Waals surface area contributed by atoms with Crippen molar-refractivity contribution in [1.82, 2.24) is 4.90 Å². The lowest BCUT2D eigenvalue weighted by Gasteiger charge is -2.46. The van der Waals surface area contributed by atoms with Crippen molar-refractivity contribution in [3.05, 3.63) is 54.1 Å². The number of carbonyl (C=O) groups excluding carboxylic acids is 2. The number of methoxy groups -OCH3 is 1. The number of allylic oxidation sites excluding steroid dienone is 1. The topological polar surface area (TPSA) is 71.0 Å². The van der Waals surface area contributed by atoms with Gasteiger partial charge in [0.1, 0.15) is 5.41 Å². The van der Waals surface area contributed by atoms with Crippen molar-refractivity contribution in [3.8, 4) is 0 Å². The Morgan fingerprint density at radius 3 is 2.89 bits per heavy atom. The number of carbonyl (C=O) groups is 2. The molecule has 1 aromatic rings. The quantitative estimate of drug-likeness (QED) is 0.660. The van der Waals surface area contributed by atoms with Gasteiger partial charge in [-0.3, -0.25) is 15.0 Å². The molecule has 0 saturated carbocycles. The first-order valence-corrected chi connectivity index (χ1v) is 9.32. The second-order valence-corrected chi connectivity index (χ2v) is 7.11. The molecule has 140 valence electrons. The molecule has 6 nitrogen and oxygen atoms in total. The molecule has 6 heteroatoms. The minimum atomic E-state index is -0.947. The van der Waals surface area contributed by atoms with Gasteiger partial charge < -0.3 is 9.64 Å². The number of benzene rings is 1. The summed E-state index contributed by atoms with van der Waals surface area (Å²) >= 11 is 0. The molecule has 0 radical (unpaired) electrons. The molecule has 0 aromatic heterocycles. The van der Waals surface area contributed by atoms with E-state index >= 15 is 0 Å². The van der Waals surface area contributed by atoms with Crippen molar-refractivity contribution < 1.29 is 14.3 Å². The zero-order valence-electron chi connectivity index (χ0n) is 15.4. The molecule has 3 aliphatic rings. The van der Waals surface area contributed by atoms with Crippen LogP contribution in [0.25, 0.3) is 0 Å². The van der Waals surface area contributed by atoms with E-state index in [1.54, 1.807) is 6.08 Å². The van der Waals surface area contributed by atoms with Gasteiger partial charge in [-0.25, -0.2) is 0 Å². The smallest absolute Gasteiger partial charge is 0.320 e. The summed E-state index contributed by atoms with van der Waals surface area (Å²) in [7, 11) is 1.41. The lowest BCUT2D eigenvalue weighted by atomic mass is 9.65. The van der Waals surface area contributed by atoms with E-state index in [1.165, 1.54) is 7.11 Å². The summed E-state index contributed by atoms with van der Waals surface area (Å²) < 4.78 is 5.25. The molecule has 1 amide bonds. The Morgan fingerprint density at radius 1 is 1.30 bits per heavy atom. The SMILES string of the molecule is COC(=O)[C@]12CCC=C3C=CC(=O)N(CCC/C1=N\Nc1ccccc1)[C@H]32. The van der Waals surface area contributed by atoms with E-state index in [-0.39, 0.29) is 17.9 Å². The molecule has 2 aliphatic heterocycles. The van der Waals surface area contributed by atoms with Gasteiger partial charge in [0, 0.05) is 12.6 Å². The molecular weight excluding hydrogens is 342 g/mol. The maximum Gasteiger partial charge on any atom is 0.320 e. The molecule has 0 bridgehead atoms. The van der Waals surface area contributed by atoms with E-state index in [1.807, 2.05) is 41.3 Å². The van der Waals surface area contributed by atoms with Gasteiger partial charge >= 0.3 is 5.97 Å². The molecule has 1 aromatic carbocycles. The van der Waals surface area contributed by atoms with Gasteiger partial charge in [-0.2, -0.15) is 5.10 Å². The second-order valence-electron chi connectivity index (χ2n) is 7.11. The van der Waals surface area contributed by atoms with Crippen LogP contribution in [0.3, 0.4) is 0 Å². The predicted molar refractivity (Wildman–Crippen MR) is 103 cm³/mol. The number of para-hydroxylation sites is 1. The lowest BCUT2D eigenvalue weighted by molar-refractivity contribution is -0.153. The molecule has 1 N–H and O–H groups in total. The third-order valence-electron chi connectivity index (χ3n) is 5.69. The van der Waals surface area contributed by atoms with E-state index < -0.39 is 5.41 Å². The number of rotatable bonds is 3. The Bertz CT molecular complexity index is 843. The predicted octanol–water partition coefficient (Wildman–Crippen LogP) is 2.89. The number of amides is 1. The first-order chi connectivity index (χ1) is 13.2. The van der Waals surface area contributed by atoms with Crippen LogP contribution in [0.15, 0.2) is 59.2 Å². The Balaban J connectivity index is 1.82. The van der Waals surface area contributed by atoms with Gasteiger partial charge in [0.25, 0.3) is 0 Å². The van der Waals surface area contributed by atoms with Crippen LogP contribution in [0.4, 0.5) is 5.69 Å². The normalized spacial score (nSPS) is 28.3. The van der Waals surface area contributed by atoms with Crippen LogP contribution in [0, 0.1) is 5.41 Å². The fourth-order valence-corrected chi connectivity index (χ4v) is 4.49. The summed E-state index contributed by atoms with van der Waals surface area (Å²) in [5.74, 6) is -0.369. The van der Waals surface area contributed by atoms with Gasteiger partial charge in [-0.05, 0) is 43.4 Å². The molecule has 2 atom stereocenters. The number of esters is 1. The summed E-state index contributed by atoms with van der Waals surface area (Å²) in [5, 5.41) is 4.67. The highest BCUT2D eigenvalue weighted by molar-refractivity contribution is 6.10. The van der Waals surface area contributed by atoms with Crippen molar-refractivity contribution in [2.75, 3.05) is 19.1 Å². The van der Waals surface area contributed by atoms with Crippen molar-refractivity contribution in [1.29, 1.82) is 0 Å². The number of anilines is 1. The molecule has 4 rings (SSSR count). The van der Waals surface area contributed by atoms with Crippen LogP contribution in [0.1, 0.15) is 25.7 Å². The van der Waals surface area contributed by atoms with Gasteiger partial charge in [-0.1, -0.05) is 30.4 Å². The lowest BCUT2D eigenvalue weighted by Crippen LogP contribution is -2.59. The molecule has 0 spiro atoms. The maximum absolute atomic E-state index is 13.1. The van der Waals surface area contributed by atoms with E-state index in [9.17, 15) is 9.59 Å². The Hall–Kier alpha value is -2.89. The number of hydrazone groups is 1. The molecule has 1 fully saturated rings. The van der Waals surface area contributed by atoms with Crippen LogP contribution in [-0.2, 0) is 14.3 Å². The maximum atomic E-state index is 13.1. The van der Waals surface area contributed by atoms with Crippen LogP contribution in [0.5, 0.6) is 0 Å². The van der Waals surface area contributed by atoms with Crippen molar-refractivity contribution in [2.24, 2.45) is 10.5 Å². The minimum Gasteiger partial charge on any atom is -0.468 e. The van der Waals surface area contributed by atoms with E-state index in [4.69, 9.17) is 4.74 Å². The highest BCUT2D eigenvalue weighted by Gasteiger charge is 2.57. The standard InChI is InChI=1S/C21H23N3O3/c1-27-20(26)21-13-5-7-15-11-12-18(25)24(19(15)21)14-6-10-17(21)23-22-16-8-3-2-4-9-16/h2-4,7-9,11-12,19,22H,5-6,10,13-14H2,1H3/b23-17+/t19-,21-/m1/s1. The fourth-order valence-electron chi connectivity index (χ4n) is 4.49. The molecular formula is C21H23N3O3. The van der Waals surface area contributed by atoms with Crippen molar-refractivity contribution in [3.63, 3.8) is 0 Å². The summed E-state index contributed by atoms with van der Waals surface area (Å²) in [6, 6.07) is 9.30. The zero-order valence-corrected chi connectivity index (χ0v) is 15.4. The van der Waals surface area contributed by atoms with Gasteiger partial charge in [0.05, 0.1) is 24.6 Å². The van der Waals surface area contributed by atoms with Crippen LogP contribution < -0.4 is 5.43 Å². The minimum absolute atomic E-state index is 0.0513. The first kappa shape index (κ1) is 17.5. The highest BCUT2D eigenvalue weighted by atomic mass is 16.5. The summed E-state index contributed by atoms with van der Waals surface area (Å²) in [4.78, 5) is 27.5. The first-order valence-electron chi connectivity index (χ1n) is 9.32. The van der Waals surface area contributed by atoms with Crippen LogP contribution in [0.2, 0.25) is 0 Å². The number of nitrogens with zero attached hydrogens (tertiary/aromatic N) is 2. The third-order valence-corrected chi connectivity index (χ3v) is 5.69. The van der Waals surface area contributed by atoms with Gasteiger partial charge in [0.2, 0.25) is 5.91 Å². The second kappa shape index (κ2) is 7.02. The summed E-state index contributed by atoms with van der Waals surface area (Å²) in [6.07, 6.45) is 8.29. The molecule has 0 unspecified atom stereocenters. The van der Waals surface area contributed by atoms with E-state index in [0.29, 0.717) is 19.4 Å². The van der Waals surface area contributed by atoms with Crippen molar-refractivity contribution >= 4 is 23.3 Å². The van der Waals surface area contributed by atoms with Gasteiger partial charge in [-0.15, -0.1) is 0 Å². The Kier molecular flexibility index (Phi) is 4.56. The van der Waals surface area contributed by atoms with Crippen LogP contribution in [-0.4, -0.2) is 42.2 Å². The Morgan fingerprint density at radius 2 is 2.11 bits per heavy atom. The van der Waals surface area contributed by atoms with E-state index in [0.717, 1.165) is 29.8 Å². The fraction of sp³-hybridized carbons (Fsp3) is 0.381. The van der Waals surface area contributed by atoms with E-state index in [2.05, 4.69) is 16.6 Å². The molecule has 27 heavy (non-hydrogen) atoms. The number of hydrogen-bond acceptors (Lipinski definition) is 5. The molecule has 2 heterocycles. The summed E-state index contributed by atoms with van der Waals surface area (Å²) in [5.41, 5.74) is 4.77. The average Bonchev–Trinajstić information content (AvgIpc) is 2.88. The zero-order chi connectivity index (χ0) is 18.9. The monoisotopic (exact) mass is 365 g/mol. The summed E-state index contributed by atoms with van der Waals surface area (Å²) in [6.45, 7) is 0.605. The number of ether oxygens (including phenoxy) is 1.